The summed E-state index contributed by atoms with van der Waals surface area (Å²) in [5.41, 5.74) is 5.80. The van der Waals surface area contributed by atoms with Crippen LogP contribution >= 0.6 is 0 Å². The van der Waals surface area contributed by atoms with Crippen molar-refractivity contribution in [2.45, 2.75) is 18.2 Å². The van der Waals surface area contributed by atoms with Crippen LogP contribution in [0.2, 0.25) is 0 Å². The van der Waals surface area contributed by atoms with Crippen molar-refractivity contribution in [3.63, 3.8) is 0 Å². The maximum Gasteiger partial charge on any atom is 0.265 e. The van der Waals surface area contributed by atoms with Crippen molar-refractivity contribution in [1.82, 2.24) is 10.2 Å². The molecule has 0 aliphatic heterocycles. The van der Waals surface area contributed by atoms with E-state index in [1.807, 2.05) is 6.92 Å². The molecule has 1 aromatic heterocycles. The highest BCUT2D eigenvalue weighted by Crippen LogP contribution is 2.23. The van der Waals surface area contributed by atoms with Crippen LogP contribution in [0.25, 0.3) is 0 Å². The van der Waals surface area contributed by atoms with Gasteiger partial charge in [0, 0.05) is 11.8 Å². The number of nitrogens with zero attached hydrogens (tertiary/aromatic N) is 1. The van der Waals surface area contributed by atoms with Crippen molar-refractivity contribution >= 4 is 21.5 Å². The third kappa shape index (κ3) is 2.68. The van der Waals surface area contributed by atoms with Gasteiger partial charge in [-0.2, -0.15) is 5.10 Å². The van der Waals surface area contributed by atoms with E-state index in [1.54, 1.807) is 6.07 Å². The molecule has 2 aromatic rings. The first-order chi connectivity index (χ1) is 8.94. The van der Waals surface area contributed by atoms with Crippen molar-refractivity contribution < 1.29 is 12.8 Å². The van der Waals surface area contributed by atoms with Crippen molar-refractivity contribution in [1.29, 1.82) is 0 Å². The SMILES string of the molecule is CCc1cc(NS(=O)(=O)c2cccc(F)c2N)n[nH]1. The summed E-state index contributed by atoms with van der Waals surface area (Å²) in [5.74, 6) is -0.639. The summed E-state index contributed by atoms with van der Waals surface area (Å²) in [6.45, 7) is 1.90. The second-order valence-electron chi connectivity index (χ2n) is 3.89. The zero-order valence-electron chi connectivity index (χ0n) is 10.1. The summed E-state index contributed by atoms with van der Waals surface area (Å²) in [5, 5.41) is 6.47. The normalized spacial score (nSPS) is 11.5. The summed E-state index contributed by atoms with van der Waals surface area (Å²) >= 11 is 0. The average molecular weight is 284 g/mol. The molecule has 0 unspecified atom stereocenters. The van der Waals surface area contributed by atoms with Crippen molar-refractivity contribution in [3.8, 4) is 0 Å². The smallest absolute Gasteiger partial charge is 0.265 e. The molecular formula is C11H13FN4O2S. The highest BCUT2D eigenvalue weighted by atomic mass is 32.2. The van der Waals surface area contributed by atoms with E-state index < -0.39 is 21.5 Å². The van der Waals surface area contributed by atoms with Gasteiger partial charge in [0.05, 0.1) is 5.69 Å². The Morgan fingerprint density at radius 2 is 2.21 bits per heavy atom. The average Bonchev–Trinajstić information content (AvgIpc) is 2.79. The fourth-order valence-corrected chi connectivity index (χ4v) is 2.67. The molecule has 4 N–H and O–H groups in total. The largest absolute Gasteiger partial charge is 0.395 e. The van der Waals surface area contributed by atoms with E-state index in [4.69, 9.17) is 5.73 Å². The monoisotopic (exact) mass is 284 g/mol. The van der Waals surface area contributed by atoms with Crippen LogP contribution in [0.1, 0.15) is 12.6 Å². The Bertz CT molecular complexity index is 696. The van der Waals surface area contributed by atoms with Crippen molar-refractivity contribution in [2.24, 2.45) is 0 Å². The second kappa shape index (κ2) is 4.88. The third-order valence-electron chi connectivity index (χ3n) is 2.55. The van der Waals surface area contributed by atoms with Gasteiger partial charge in [0.15, 0.2) is 5.82 Å². The summed E-state index contributed by atoms with van der Waals surface area (Å²) < 4.78 is 39.6. The predicted octanol–water partition coefficient (Wildman–Crippen LogP) is 1.49. The number of hydrogen-bond donors (Lipinski definition) is 3. The summed E-state index contributed by atoms with van der Waals surface area (Å²) in [6, 6.07) is 5.17. The van der Waals surface area contributed by atoms with E-state index in [2.05, 4.69) is 14.9 Å². The van der Waals surface area contributed by atoms with E-state index in [1.165, 1.54) is 12.1 Å². The fourth-order valence-electron chi connectivity index (χ4n) is 1.54. The van der Waals surface area contributed by atoms with Gasteiger partial charge in [0.2, 0.25) is 0 Å². The van der Waals surface area contributed by atoms with E-state index in [0.717, 1.165) is 11.8 Å². The molecular weight excluding hydrogens is 271 g/mol. The molecule has 0 saturated carbocycles. The first-order valence-electron chi connectivity index (χ1n) is 5.55. The molecule has 0 aliphatic carbocycles. The minimum atomic E-state index is -3.96. The molecule has 0 spiro atoms. The van der Waals surface area contributed by atoms with Crippen molar-refractivity contribution in [2.75, 3.05) is 10.5 Å². The van der Waals surface area contributed by atoms with E-state index in [-0.39, 0.29) is 10.7 Å². The zero-order valence-corrected chi connectivity index (χ0v) is 11.0. The molecule has 0 radical (unpaired) electrons. The van der Waals surface area contributed by atoms with Gasteiger partial charge in [0.1, 0.15) is 10.7 Å². The number of H-pyrrole nitrogens is 1. The first kappa shape index (κ1) is 13.3. The molecule has 0 saturated heterocycles. The van der Waals surface area contributed by atoms with Gasteiger partial charge >= 0.3 is 0 Å². The number of para-hydroxylation sites is 1. The lowest BCUT2D eigenvalue weighted by Crippen LogP contribution is -2.15. The van der Waals surface area contributed by atoms with Crippen LogP contribution in [-0.2, 0) is 16.4 Å². The van der Waals surface area contributed by atoms with E-state index in [0.29, 0.717) is 6.42 Å². The molecule has 0 amide bonds. The van der Waals surface area contributed by atoms with Gasteiger partial charge in [-0.3, -0.25) is 9.82 Å². The Hall–Kier alpha value is -2.09. The lowest BCUT2D eigenvalue weighted by Gasteiger charge is -2.08. The van der Waals surface area contributed by atoms with Crippen LogP contribution in [0, 0.1) is 5.82 Å². The molecule has 1 heterocycles. The van der Waals surface area contributed by atoms with Crippen molar-refractivity contribution in [3.05, 3.63) is 35.8 Å². The quantitative estimate of drug-likeness (QED) is 0.740. The molecule has 0 bridgehead atoms. The van der Waals surface area contributed by atoms with Crippen LogP contribution < -0.4 is 10.5 Å². The number of nitrogens with one attached hydrogen (secondary N) is 2. The highest BCUT2D eigenvalue weighted by molar-refractivity contribution is 7.92. The standard InChI is InChI=1S/C11H13FN4O2S/c1-2-7-6-10(15-14-7)16-19(17,18)9-5-3-4-8(12)11(9)13/h3-6H,2,13H2,1H3,(H2,14,15,16). The van der Waals surface area contributed by atoms with E-state index >= 15 is 0 Å². The number of aromatic nitrogens is 2. The maximum atomic E-state index is 13.3. The predicted molar refractivity (Wildman–Crippen MR) is 69.6 cm³/mol. The van der Waals surface area contributed by atoms with E-state index in [9.17, 15) is 12.8 Å². The highest BCUT2D eigenvalue weighted by Gasteiger charge is 2.20. The van der Waals surface area contributed by atoms with Crippen LogP contribution in [0.4, 0.5) is 15.9 Å². The molecule has 0 aliphatic rings. The van der Waals surface area contributed by atoms with Gasteiger partial charge < -0.3 is 5.73 Å². The van der Waals surface area contributed by atoms with Crippen LogP contribution in [0.5, 0.6) is 0 Å². The number of anilines is 2. The van der Waals surface area contributed by atoms with Gasteiger partial charge in [-0.25, -0.2) is 12.8 Å². The Morgan fingerprint density at radius 1 is 1.47 bits per heavy atom. The van der Waals surface area contributed by atoms with Gasteiger partial charge in [-0.05, 0) is 18.6 Å². The lowest BCUT2D eigenvalue weighted by atomic mass is 10.3. The molecule has 102 valence electrons. The number of hydrogen-bond acceptors (Lipinski definition) is 4. The maximum absolute atomic E-state index is 13.3. The fraction of sp³-hybridized carbons (Fsp3) is 0.182. The Kier molecular flexibility index (Phi) is 3.43. The number of rotatable bonds is 4. The summed E-state index contributed by atoms with van der Waals surface area (Å²) in [7, 11) is -3.96. The molecule has 1 aromatic carbocycles. The first-order valence-corrected chi connectivity index (χ1v) is 7.03. The minimum absolute atomic E-state index is 0.139. The third-order valence-corrected chi connectivity index (χ3v) is 3.97. The number of halogens is 1. The number of aromatic amines is 1. The number of sulfonamides is 1. The Balaban J connectivity index is 2.35. The minimum Gasteiger partial charge on any atom is -0.395 e. The zero-order chi connectivity index (χ0) is 14.0. The van der Waals surface area contributed by atoms with Crippen LogP contribution in [-0.4, -0.2) is 18.6 Å². The molecule has 0 fully saturated rings. The molecule has 19 heavy (non-hydrogen) atoms. The number of nitrogen functional groups attached to an aromatic ring is 1. The summed E-state index contributed by atoms with van der Waals surface area (Å²) in [4.78, 5) is -0.312. The summed E-state index contributed by atoms with van der Waals surface area (Å²) in [6.07, 6.45) is 0.691. The van der Waals surface area contributed by atoms with Gasteiger partial charge in [-0.15, -0.1) is 0 Å². The topological polar surface area (TPSA) is 101 Å². The van der Waals surface area contributed by atoms with Gasteiger partial charge in [-0.1, -0.05) is 13.0 Å². The molecule has 2 rings (SSSR count). The van der Waals surface area contributed by atoms with Crippen LogP contribution in [0.15, 0.2) is 29.2 Å². The molecule has 6 nitrogen and oxygen atoms in total. The number of nitrogens with two attached hydrogens (primary N) is 1. The second-order valence-corrected chi connectivity index (χ2v) is 5.54. The Labute approximate surface area is 109 Å². The molecule has 0 atom stereocenters. The number of benzene rings is 1. The number of aryl methyl sites for hydroxylation is 1. The van der Waals surface area contributed by atoms with Gasteiger partial charge in [0.25, 0.3) is 10.0 Å². The molecule has 8 heteroatoms. The Morgan fingerprint density at radius 3 is 2.84 bits per heavy atom. The lowest BCUT2D eigenvalue weighted by molar-refractivity contribution is 0.597. The van der Waals surface area contributed by atoms with Crippen LogP contribution in [0.3, 0.4) is 0 Å².